The quantitative estimate of drug-likeness (QED) is 0.620. The van der Waals surface area contributed by atoms with Crippen LogP contribution in [0.15, 0.2) is 22.1 Å². The molecule has 0 aromatic heterocycles. The molecule has 0 unspecified atom stereocenters. The van der Waals surface area contributed by atoms with Crippen molar-refractivity contribution in [3.8, 4) is 11.5 Å². The van der Waals surface area contributed by atoms with Gasteiger partial charge in [0.15, 0.2) is 11.5 Å². The van der Waals surface area contributed by atoms with Crippen LogP contribution in [0.3, 0.4) is 0 Å². The van der Waals surface area contributed by atoms with E-state index in [2.05, 4.69) is 35.9 Å². The van der Waals surface area contributed by atoms with Crippen LogP contribution in [0.4, 0.5) is 5.69 Å². The minimum absolute atomic E-state index is 0.370. The first-order chi connectivity index (χ1) is 10.2. The molecule has 0 aliphatic heterocycles. The van der Waals surface area contributed by atoms with Gasteiger partial charge in [0.2, 0.25) is 0 Å². The van der Waals surface area contributed by atoms with E-state index in [4.69, 9.17) is 9.47 Å². The number of hydrogen-bond acceptors (Lipinski definition) is 4. The summed E-state index contributed by atoms with van der Waals surface area (Å²) in [6, 6.07) is 4.14. The summed E-state index contributed by atoms with van der Waals surface area (Å²) in [5, 5.41) is 3.45. The molecule has 5 heteroatoms. The lowest BCUT2D eigenvalue weighted by molar-refractivity contribution is 0.356. The smallest absolute Gasteiger partial charge is 0.187 e. The van der Waals surface area contributed by atoms with Crippen molar-refractivity contribution < 1.29 is 9.47 Å². The monoisotopic (exact) mass is 291 g/mol. The first-order valence-corrected chi connectivity index (χ1v) is 7.12. The molecule has 0 atom stereocenters. The molecular formula is C16H25N3O2. The normalized spacial score (nSPS) is 11.4. The molecule has 5 nitrogen and oxygen atoms in total. The predicted molar refractivity (Wildman–Crippen MR) is 88.7 cm³/mol. The van der Waals surface area contributed by atoms with Gasteiger partial charge in [-0.2, -0.15) is 0 Å². The zero-order valence-electron chi connectivity index (χ0n) is 13.6. The van der Waals surface area contributed by atoms with Gasteiger partial charge in [-0.1, -0.05) is 13.8 Å². The minimum Gasteiger partial charge on any atom is -0.493 e. The van der Waals surface area contributed by atoms with Crippen LogP contribution in [-0.2, 0) is 0 Å². The summed E-state index contributed by atoms with van der Waals surface area (Å²) in [6.45, 7) is 7.94. The Morgan fingerprint density at radius 1 is 1.24 bits per heavy atom. The Morgan fingerprint density at radius 3 is 2.33 bits per heavy atom. The lowest BCUT2D eigenvalue weighted by atomic mass is 10.1. The molecule has 0 aliphatic carbocycles. The molecule has 0 spiro atoms. The van der Waals surface area contributed by atoms with Crippen LogP contribution in [0, 0.1) is 0 Å². The number of nitrogens with one attached hydrogen (secondary N) is 1. The van der Waals surface area contributed by atoms with Crippen LogP contribution in [0.25, 0.3) is 0 Å². The fourth-order valence-corrected chi connectivity index (χ4v) is 2.21. The Labute approximate surface area is 127 Å². The maximum absolute atomic E-state index is 5.41. The van der Waals surface area contributed by atoms with Gasteiger partial charge >= 0.3 is 0 Å². The summed E-state index contributed by atoms with van der Waals surface area (Å²) in [4.78, 5) is 8.46. The van der Waals surface area contributed by atoms with Crippen molar-refractivity contribution in [2.24, 2.45) is 9.98 Å². The van der Waals surface area contributed by atoms with Crippen molar-refractivity contribution in [3.05, 3.63) is 17.7 Å². The summed E-state index contributed by atoms with van der Waals surface area (Å²) < 4.78 is 10.7. The van der Waals surface area contributed by atoms with Crippen molar-refractivity contribution in [3.63, 3.8) is 0 Å². The Kier molecular flexibility index (Phi) is 6.72. The van der Waals surface area contributed by atoms with Gasteiger partial charge in [-0.25, -0.2) is 0 Å². The number of rotatable bonds is 7. The molecule has 0 radical (unpaired) electrons. The van der Waals surface area contributed by atoms with Crippen molar-refractivity contribution in [1.29, 1.82) is 0 Å². The fraction of sp³-hybridized carbons (Fsp3) is 0.500. The van der Waals surface area contributed by atoms with E-state index < -0.39 is 0 Å². The molecule has 1 N–H and O–H groups in total. The third-order valence-corrected chi connectivity index (χ3v) is 3.48. The lowest BCUT2D eigenvalue weighted by Crippen LogP contribution is -2.34. The van der Waals surface area contributed by atoms with E-state index in [1.807, 2.05) is 12.1 Å². The first kappa shape index (κ1) is 17.0. The third-order valence-electron chi connectivity index (χ3n) is 3.48. The molecule has 0 saturated carbocycles. The van der Waals surface area contributed by atoms with Gasteiger partial charge in [-0.15, -0.1) is 0 Å². The van der Waals surface area contributed by atoms with Gasteiger partial charge in [0, 0.05) is 18.7 Å². The highest BCUT2D eigenvalue weighted by molar-refractivity contribution is 6.04. The van der Waals surface area contributed by atoms with Gasteiger partial charge < -0.3 is 14.8 Å². The highest BCUT2D eigenvalue weighted by atomic mass is 16.5. The number of benzene rings is 1. The van der Waals surface area contributed by atoms with Crippen molar-refractivity contribution in [2.75, 3.05) is 21.3 Å². The van der Waals surface area contributed by atoms with Gasteiger partial charge in [-0.05, 0) is 31.7 Å². The van der Waals surface area contributed by atoms with Gasteiger partial charge in [-0.3, -0.25) is 9.98 Å². The molecule has 0 amide bonds. The van der Waals surface area contributed by atoms with Crippen LogP contribution >= 0.6 is 0 Å². The maximum atomic E-state index is 5.41. The summed E-state index contributed by atoms with van der Waals surface area (Å²) in [5.74, 6) is 1.98. The summed E-state index contributed by atoms with van der Waals surface area (Å²) in [7, 11) is 4.95. The number of nitrogens with zero attached hydrogens (tertiary/aromatic N) is 2. The van der Waals surface area contributed by atoms with E-state index in [0.717, 1.165) is 24.2 Å². The Morgan fingerprint density at radius 2 is 1.90 bits per heavy atom. The molecule has 0 heterocycles. The average molecular weight is 291 g/mol. The molecule has 0 fully saturated rings. The molecular weight excluding hydrogens is 266 g/mol. The van der Waals surface area contributed by atoms with E-state index >= 15 is 0 Å². The van der Waals surface area contributed by atoms with Gasteiger partial charge in [0.05, 0.1) is 14.2 Å². The second-order valence-electron chi connectivity index (χ2n) is 4.59. The molecule has 1 aromatic carbocycles. The molecule has 1 rings (SSSR count). The minimum atomic E-state index is 0.370. The van der Waals surface area contributed by atoms with Crippen molar-refractivity contribution in [1.82, 2.24) is 5.32 Å². The molecule has 0 aliphatic rings. The first-order valence-electron chi connectivity index (χ1n) is 7.12. The van der Waals surface area contributed by atoms with E-state index in [0.29, 0.717) is 23.2 Å². The third kappa shape index (κ3) is 3.74. The molecule has 0 saturated heterocycles. The summed E-state index contributed by atoms with van der Waals surface area (Å²) in [5.41, 5.74) is 1.49. The van der Waals surface area contributed by atoms with Crippen LogP contribution in [0.2, 0.25) is 0 Å². The summed E-state index contributed by atoms with van der Waals surface area (Å²) in [6.07, 6.45) is 2.05. The highest BCUT2D eigenvalue weighted by Crippen LogP contribution is 2.39. The van der Waals surface area contributed by atoms with E-state index in [9.17, 15) is 0 Å². The van der Waals surface area contributed by atoms with E-state index in [1.165, 1.54) is 0 Å². The zero-order valence-corrected chi connectivity index (χ0v) is 13.6. The lowest BCUT2D eigenvalue weighted by Gasteiger charge is -2.20. The average Bonchev–Trinajstić information content (AvgIpc) is 2.54. The van der Waals surface area contributed by atoms with Crippen molar-refractivity contribution in [2.45, 2.75) is 32.7 Å². The molecule has 116 valence electrons. The molecule has 1 aromatic rings. The van der Waals surface area contributed by atoms with Gasteiger partial charge in [0.1, 0.15) is 11.5 Å². The second-order valence-corrected chi connectivity index (χ2v) is 4.59. The second kappa shape index (κ2) is 8.29. The van der Waals surface area contributed by atoms with E-state index in [-0.39, 0.29) is 0 Å². The van der Waals surface area contributed by atoms with E-state index in [1.54, 1.807) is 21.3 Å². The SMILES string of the molecule is C=Nc1c(/C(=N\C)NC(CC)CC)ccc(OC)c1OC. The Hall–Kier alpha value is -2.04. The van der Waals surface area contributed by atoms with Crippen molar-refractivity contribution >= 4 is 18.2 Å². The largest absolute Gasteiger partial charge is 0.493 e. The standard InChI is InChI=1S/C16H25N3O2/c1-7-11(8-2)19-16(18-4)12-9-10-13(20-5)15(21-6)14(12)17-3/h9-11H,3,7-8H2,1-2,4-6H3,(H,18,19). The van der Waals surface area contributed by atoms with Crippen LogP contribution in [-0.4, -0.2) is 39.9 Å². The highest BCUT2D eigenvalue weighted by Gasteiger charge is 2.18. The molecule has 0 bridgehead atoms. The number of methoxy groups -OCH3 is 2. The zero-order chi connectivity index (χ0) is 15.8. The van der Waals surface area contributed by atoms with Crippen LogP contribution in [0.5, 0.6) is 11.5 Å². The number of ether oxygens (including phenoxy) is 2. The number of hydrogen-bond donors (Lipinski definition) is 1. The maximum Gasteiger partial charge on any atom is 0.187 e. The topological polar surface area (TPSA) is 55.2 Å². The predicted octanol–water partition coefficient (Wildman–Crippen LogP) is 3.19. The summed E-state index contributed by atoms with van der Waals surface area (Å²) >= 11 is 0. The Bertz CT molecular complexity index is 508. The van der Waals surface area contributed by atoms with Crippen LogP contribution in [0.1, 0.15) is 32.3 Å². The number of amidine groups is 1. The number of aliphatic imine (C=N–C) groups is 2. The fourth-order valence-electron chi connectivity index (χ4n) is 2.21. The molecule has 21 heavy (non-hydrogen) atoms. The Balaban J connectivity index is 3.30. The van der Waals surface area contributed by atoms with Gasteiger partial charge in [0.25, 0.3) is 0 Å². The van der Waals surface area contributed by atoms with Crippen LogP contribution < -0.4 is 14.8 Å².